The minimum absolute atomic E-state index is 0.169. The molecule has 0 heterocycles. The summed E-state index contributed by atoms with van der Waals surface area (Å²) in [4.78, 5) is 10.7. The zero-order chi connectivity index (χ0) is 8.53. The molecule has 0 radical (unpaired) electrons. The average Bonchev–Trinajstić information content (AvgIpc) is 1.99. The minimum Gasteiger partial charge on any atom is -0.463 e. The lowest BCUT2D eigenvalue weighted by molar-refractivity contribution is -0.141. The maximum atomic E-state index is 10.7. The third-order valence-electron chi connectivity index (χ3n) is 0.957. The van der Waals surface area contributed by atoms with Crippen LogP contribution >= 0.6 is 11.8 Å². The second-order valence-electron chi connectivity index (χ2n) is 1.85. The molecule has 0 atom stereocenters. The molecule has 11 heavy (non-hydrogen) atoms. The lowest BCUT2D eigenvalue weighted by Crippen LogP contribution is -2.12. The zero-order valence-corrected chi connectivity index (χ0v) is 7.78. The van der Waals surface area contributed by atoms with Crippen LogP contribution in [-0.2, 0) is 14.3 Å². The summed E-state index contributed by atoms with van der Waals surface area (Å²) < 4.78 is 9.78. The van der Waals surface area contributed by atoms with E-state index in [1.54, 1.807) is 0 Å². The minimum atomic E-state index is -0.169. The Hall–Kier alpha value is -0.220. The first-order valence-corrected chi connectivity index (χ1v) is 4.93. The van der Waals surface area contributed by atoms with Gasteiger partial charge < -0.3 is 9.47 Å². The van der Waals surface area contributed by atoms with Gasteiger partial charge in [-0.15, -0.1) is 0 Å². The molecular formula is C7H14O3S. The summed E-state index contributed by atoms with van der Waals surface area (Å²) >= 11 is 1.46. The van der Waals surface area contributed by atoms with Crippen molar-refractivity contribution in [2.75, 3.05) is 31.8 Å². The van der Waals surface area contributed by atoms with Crippen molar-refractivity contribution >= 4 is 17.7 Å². The van der Waals surface area contributed by atoms with Gasteiger partial charge in [-0.05, 0) is 13.2 Å². The van der Waals surface area contributed by atoms with Crippen molar-refractivity contribution < 1.29 is 14.3 Å². The Labute approximate surface area is 71.4 Å². The van der Waals surface area contributed by atoms with Gasteiger partial charge in [0.15, 0.2) is 0 Å². The first-order valence-electron chi connectivity index (χ1n) is 3.53. The fourth-order valence-electron chi connectivity index (χ4n) is 0.518. The highest BCUT2D eigenvalue weighted by Crippen LogP contribution is 1.92. The van der Waals surface area contributed by atoms with Crippen LogP contribution in [0.25, 0.3) is 0 Å². The first kappa shape index (κ1) is 10.8. The Morgan fingerprint density at radius 1 is 1.45 bits per heavy atom. The van der Waals surface area contributed by atoms with Crippen molar-refractivity contribution in [3.05, 3.63) is 0 Å². The molecule has 0 saturated heterocycles. The molecule has 0 aromatic heterocycles. The van der Waals surface area contributed by atoms with Gasteiger partial charge in [-0.25, -0.2) is 0 Å². The van der Waals surface area contributed by atoms with Crippen LogP contribution in [0, 0.1) is 0 Å². The molecule has 66 valence electrons. The third-order valence-corrected chi connectivity index (χ3v) is 1.48. The molecule has 0 aromatic rings. The van der Waals surface area contributed by atoms with Crippen molar-refractivity contribution in [2.45, 2.75) is 6.92 Å². The quantitative estimate of drug-likeness (QED) is 0.448. The number of thioether (sulfide) groups is 1. The van der Waals surface area contributed by atoms with Gasteiger partial charge in [-0.3, -0.25) is 4.79 Å². The van der Waals surface area contributed by atoms with Crippen LogP contribution in [-0.4, -0.2) is 37.8 Å². The molecule has 0 N–H and O–H groups in total. The van der Waals surface area contributed by atoms with E-state index in [1.807, 2.05) is 13.2 Å². The molecular weight excluding hydrogens is 164 g/mol. The van der Waals surface area contributed by atoms with Gasteiger partial charge in [0.1, 0.15) is 6.61 Å². The Bertz CT molecular complexity index is 106. The predicted octanol–water partition coefficient (Wildman–Crippen LogP) is 0.929. The van der Waals surface area contributed by atoms with Crippen molar-refractivity contribution in [1.82, 2.24) is 0 Å². The summed E-state index contributed by atoms with van der Waals surface area (Å²) in [5, 5.41) is 0. The maximum Gasteiger partial charge on any atom is 0.315 e. The largest absolute Gasteiger partial charge is 0.463 e. The van der Waals surface area contributed by atoms with Crippen LogP contribution in [0.5, 0.6) is 0 Å². The second kappa shape index (κ2) is 7.88. The number of carbonyl (C=O) groups excluding carboxylic acids is 1. The van der Waals surface area contributed by atoms with E-state index in [2.05, 4.69) is 0 Å². The molecule has 0 saturated carbocycles. The number of ether oxygens (including phenoxy) is 2. The fraction of sp³-hybridized carbons (Fsp3) is 0.857. The molecule has 0 aromatic carbocycles. The normalized spacial score (nSPS) is 9.64. The Kier molecular flexibility index (Phi) is 7.72. The number of rotatable bonds is 6. The smallest absolute Gasteiger partial charge is 0.315 e. The Morgan fingerprint density at radius 3 is 2.73 bits per heavy atom. The van der Waals surface area contributed by atoms with E-state index >= 15 is 0 Å². The fourth-order valence-corrected chi connectivity index (χ4v) is 0.837. The van der Waals surface area contributed by atoms with Gasteiger partial charge in [0.25, 0.3) is 0 Å². The topological polar surface area (TPSA) is 35.5 Å². The van der Waals surface area contributed by atoms with Gasteiger partial charge in [-0.1, -0.05) is 0 Å². The van der Waals surface area contributed by atoms with Crippen LogP contribution in [0.2, 0.25) is 0 Å². The molecule has 3 nitrogen and oxygen atoms in total. The van der Waals surface area contributed by atoms with Gasteiger partial charge in [0.05, 0.1) is 12.4 Å². The lowest BCUT2D eigenvalue weighted by Gasteiger charge is -2.02. The van der Waals surface area contributed by atoms with Gasteiger partial charge >= 0.3 is 5.97 Å². The highest BCUT2D eigenvalue weighted by atomic mass is 32.2. The monoisotopic (exact) mass is 178 g/mol. The van der Waals surface area contributed by atoms with E-state index < -0.39 is 0 Å². The number of hydrogen-bond acceptors (Lipinski definition) is 4. The lowest BCUT2D eigenvalue weighted by atomic mass is 10.7. The number of carbonyl (C=O) groups is 1. The highest BCUT2D eigenvalue weighted by Gasteiger charge is 1.98. The van der Waals surface area contributed by atoms with E-state index in [0.717, 1.165) is 0 Å². The van der Waals surface area contributed by atoms with E-state index in [1.165, 1.54) is 11.8 Å². The van der Waals surface area contributed by atoms with Crippen LogP contribution in [0.4, 0.5) is 0 Å². The van der Waals surface area contributed by atoms with Gasteiger partial charge in [0, 0.05) is 6.61 Å². The van der Waals surface area contributed by atoms with Gasteiger partial charge in [-0.2, -0.15) is 11.8 Å². The van der Waals surface area contributed by atoms with E-state index in [0.29, 0.717) is 25.6 Å². The van der Waals surface area contributed by atoms with Crippen LogP contribution in [0.15, 0.2) is 0 Å². The Morgan fingerprint density at radius 2 is 2.18 bits per heavy atom. The summed E-state index contributed by atoms with van der Waals surface area (Å²) in [7, 11) is 0. The van der Waals surface area contributed by atoms with Crippen LogP contribution < -0.4 is 0 Å². The van der Waals surface area contributed by atoms with Gasteiger partial charge in [0.2, 0.25) is 0 Å². The van der Waals surface area contributed by atoms with Crippen LogP contribution in [0.1, 0.15) is 6.92 Å². The van der Waals surface area contributed by atoms with Crippen molar-refractivity contribution in [1.29, 1.82) is 0 Å². The third kappa shape index (κ3) is 7.68. The van der Waals surface area contributed by atoms with Crippen molar-refractivity contribution in [3.8, 4) is 0 Å². The Balaban J connectivity index is 3.04. The second-order valence-corrected chi connectivity index (χ2v) is 2.72. The van der Waals surface area contributed by atoms with E-state index in [4.69, 9.17) is 9.47 Å². The zero-order valence-electron chi connectivity index (χ0n) is 6.96. The van der Waals surface area contributed by atoms with E-state index in [9.17, 15) is 4.79 Å². The molecule has 0 aliphatic carbocycles. The van der Waals surface area contributed by atoms with Crippen LogP contribution in [0.3, 0.4) is 0 Å². The molecule has 0 aliphatic heterocycles. The SMILES string of the molecule is CCOCCOC(=O)CSC. The highest BCUT2D eigenvalue weighted by molar-refractivity contribution is 7.99. The molecule has 0 aliphatic rings. The number of esters is 1. The summed E-state index contributed by atoms with van der Waals surface area (Å²) in [6.07, 6.45) is 1.86. The molecule has 0 bridgehead atoms. The molecule has 0 spiro atoms. The summed E-state index contributed by atoms with van der Waals surface area (Å²) in [6, 6.07) is 0. The summed E-state index contributed by atoms with van der Waals surface area (Å²) in [6.45, 7) is 3.44. The standard InChI is InChI=1S/C7H14O3S/c1-3-9-4-5-10-7(8)6-11-2/h3-6H2,1-2H3. The molecule has 0 unspecified atom stereocenters. The molecule has 0 fully saturated rings. The molecule has 0 amide bonds. The van der Waals surface area contributed by atoms with Crippen molar-refractivity contribution in [3.63, 3.8) is 0 Å². The predicted molar refractivity (Wildman–Crippen MR) is 45.8 cm³/mol. The summed E-state index contributed by atoms with van der Waals surface area (Å²) in [5.41, 5.74) is 0. The first-order chi connectivity index (χ1) is 5.31. The van der Waals surface area contributed by atoms with E-state index in [-0.39, 0.29) is 5.97 Å². The average molecular weight is 178 g/mol. The maximum absolute atomic E-state index is 10.7. The molecule has 0 rings (SSSR count). The molecule has 4 heteroatoms. The number of hydrogen-bond donors (Lipinski definition) is 0. The van der Waals surface area contributed by atoms with Crippen molar-refractivity contribution in [2.24, 2.45) is 0 Å². The summed E-state index contributed by atoms with van der Waals surface area (Å²) in [5.74, 6) is 0.253.